The molecular formula is C23H24F3NO2. The van der Waals surface area contributed by atoms with Crippen LogP contribution in [0, 0.1) is 0 Å². The lowest BCUT2D eigenvalue weighted by Crippen LogP contribution is -2.34. The zero-order valence-corrected chi connectivity index (χ0v) is 16.4. The van der Waals surface area contributed by atoms with Gasteiger partial charge >= 0.3 is 12.1 Å². The highest BCUT2D eigenvalue weighted by atomic mass is 19.4. The van der Waals surface area contributed by atoms with Crippen LogP contribution in [0.4, 0.5) is 18.9 Å². The number of hydrogen-bond acceptors (Lipinski definition) is 2. The Balaban J connectivity index is 1.95. The van der Waals surface area contributed by atoms with E-state index in [0.29, 0.717) is 25.3 Å². The molecule has 1 aliphatic rings. The third-order valence-electron chi connectivity index (χ3n) is 5.35. The number of hydrogen-bond donors (Lipinski definition) is 1. The molecule has 0 aromatic heterocycles. The van der Waals surface area contributed by atoms with Gasteiger partial charge in [0, 0.05) is 18.3 Å². The van der Waals surface area contributed by atoms with Crippen LogP contribution in [0.1, 0.15) is 55.3 Å². The highest BCUT2D eigenvalue weighted by Crippen LogP contribution is 2.39. The molecule has 29 heavy (non-hydrogen) atoms. The SMILES string of the molecule is CC(C)c1ccc(N2CC/C(=C/C(=O)O)CC2c2ccc(C(F)(F)F)cc2)cc1. The molecule has 154 valence electrons. The summed E-state index contributed by atoms with van der Waals surface area (Å²) >= 11 is 0. The van der Waals surface area contributed by atoms with E-state index in [4.69, 9.17) is 5.11 Å². The molecule has 1 N–H and O–H groups in total. The molecule has 1 saturated heterocycles. The first-order chi connectivity index (χ1) is 13.6. The first kappa shape index (κ1) is 21.0. The quantitative estimate of drug-likeness (QED) is 0.620. The van der Waals surface area contributed by atoms with Crippen molar-refractivity contribution in [2.45, 2.75) is 44.8 Å². The predicted molar refractivity (Wildman–Crippen MR) is 107 cm³/mol. The minimum Gasteiger partial charge on any atom is -0.478 e. The lowest BCUT2D eigenvalue weighted by Gasteiger charge is -2.39. The van der Waals surface area contributed by atoms with Crippen LogP contribution in [-0.2, 0) is 11.0 Å². The molecule has 0 aliphatic carbocycles. The average Bonchev–Trinajstić information content (AvgIpc) is 2.67. The summed E-state index contributed by atoms with van der Waals surface area (Å²) < 4.78 is 38.8. The molecule has 0 bridgehead atoms. The number of aliphatic carboxylic acids is 1. The molecule has 0 saturated carbocycles. The molecule has 1 heterocycles. The summed E-state index contributed by atoms with van der Waals surface area (Å²) in [5.41, 5.74) is 3.03. The lowest BCUT2D eigenvalue weighted by atomic mass is 9.90. The van der Waals surface area contributed by atoms with Gasteiger partial charge in [0.2, 0.25) is 0 Å². The number of carboxylic acids is 1. The van der Waals surface area contributed by atoms with Crippen LogP contribution in [0.2, 0.25) is 0 Å². The average molecular weight is 403 g/mol. The number of piperidine rings is 1. The predicted octanol–water partition coefficient (Wildman–Crippen LogP) is 6.18. The van der Waals surface area contributed by atoms with Gasteiger partial charge in [-0.05, 0) is 54.2 Å². The summed E-state index contributed by atoms with van der Waals surface area (Å²) in [4.78, 5) is 13.2. The fourth-order valence-electron chi connectivity index (χ4n) is 3.74. The largest absolute Gasteiger partial charge is 0.478 e. The molecule has 3 rings (SSSR count). The van der Waals surface area contributed by atoms with E-state index in [1.54, 1.807) is 0 Å². The molecule has 1 fully saturated rings. The minimum atomic E-state index is -4.38. The van der Waals surface area contributed by atoms with Crippen LogP contribution in [-0.4, -0.2) is 17.6 Å². The van der Waals surface area contributed by atoms with Gasteiger partial charge in [0.25, 0.3) is 0 Å². The Hall–Kier alpha value is -2.76. The van der Waals surface area contributed by atoms with E-state index < -0.39 is 17.7 Å². The van der Waals surface area contributed by atoms with E-state index in [1.807, 2.05) is 12.1 Å². The van der Waals surface area contributed by atoms with Crippen molar-refractivity contribution in [1.82, 2.24) is 0 Å². The molecule has 1 atom stereocenters. The van der Waals surface area contributed by atoms with Gasteiger partial charge in [0.1, 0.15) is 0 Å². The summed E-state index contributed by atoms with van der Waals surface area (Å²) in [5, 5.41) is 9.10. The molecule has 0 spiro atoms. The summed E-state index contributed by atoms with van der Waals surface area (Å²) in [7, 11) is 0. The number of alkyl halides is 3. The molecule has 0 radical (unpaired) electrons. The minimum absolute atomic E-state index is 0.221. The van der Waals surface area contributed by atoms with Crippen molar-refractivity contribution in [2.24, 2.45) is 0 Å². The smallest absolute Gasteiger partial charge is 0.416 e. The van der Waals surface area contributed by atoms with E-state index in [0.717, 1.165) is 29.0 Å². The van der Waals surface area contributed by atoms with Gasteiger partial charge in [-0.15, -0.1) is 0 Å². The van der Waals surface area contributed by atoms with E-state index in [9.17, 15) is 18.0 Å². The maximum absolute atomic E-state index is 12.9. The zero-order valence-electron chi connectivity index (χ0n) is 16.4. The number of carbonyl (C=O) groups is 1. The van der Waals surface area contributed by atoms with Crippen LogP contribution in [0.15, 0.2) is 60.2 Å². The second-order valence-electron chi connectivity index (χ2n) is 7.67. The molecule has 1 unspecified atom stereocenters. The summed E-state index contributed by atoms with van der Waals surface area (Å²) in [6.07, 6.45) is -2.10. The van der Waals surface area contributed by atoms with Gasteiger partial charge in [0.15, 0.2) is 0 Å². The summed E-state index contributed by atoms with van der Waals surface area (Å²) in [6.45, 7) is 4.83. The van der Waals surface area contributed by atoms with Gasteiger partial charge < -0.3 is 10.0 Å². The van der Waals surface area contributed by atoms with Crippen molar-refractivity contribution in [1.29, 1.82) is 0 Å². The van der Waals surface area contributed by atoms with Crippen LogP contribution < -0.4 is 4.90 Å². The standard InChI is InChI=1S/C23H24F3NO2/c1-15(2)17-5-9-20(10-6-17)27-12-11-16(14-22(28)29)13-21(27)18-3-7-19(8-4-18)23(24,25)26/h3-10,14-15,21H,11-13H2,1-2H3,(H,28,29)/b16-14-. The summed E-state index contributed by atoms with van der Waals surface area (Å²) in [6, 6.07) is 13.1. The maximum Gasteiger partial charge on any atom is 0.416 e. The Morgan fingerprint density at radius 2 is 1.72 bits per heavy atom. The van der Waals surface area contributed by atoms with E-state index >= 15 is 0 Å². The summed E-state index contributed by atoms with van der Waals surface area (Å²) in [5.74, 6) is -0.595. The van der Waals surface area contributed by atoms with Crippen molar-refractivity contribution in [2.75, 3.05) is 11.4 Å². The number of halogens is 3. The molecule has 2 aromatic rings. The number of rotatable bonds is 4. The normalized spacial score (nSPS) is 19.0. The van der Waals surface area contributed by atoms with Crippen molar-refractivity contribution in [3.8, 4) is 0 Å². The van der Waals surface area contributed by atoms with Gasteiger partial charge in [0.05, 0.1) is 11.6 Å². The molecular weight excluding hydrogens is 379 g/mol. The molecule has 3 nitrogen and oxygen atoms in total. The molecule has 6 heteroatoms. The second kappa shape index (κ2) is 8.31. The van der Waals surface area contributed by atoms with Gasteiger partial charge in [-0.25, -0.2) is 4.79 Å². The van der Waals surface area contributed by atoms with Crippen LogP contribution in [0.5, 0.6) is 0 Å². The van der Waals surface area contributed by atoms with Crippen molar-refractivity contribution >= 4 is 11.7 Å². The first-order valence-corrected chi connectivity index (χ1v) is 9.61. The Bertz CT molecular complexity index is 884. The second-order valence-corrected chi connectivity index (χ2v) is 7.67. The van der Waals surface area contributed by atoms with E-state index in [-0.39, 0.29) is 6.04 Å². The Kier molecular flexibility index (Phi) is 6.01. The monoisotopic (exact) mass is 403 g/mol. The zero-order chi connectivity index (χ0) is 21.2. The van der Waals surface area contributed by atoms with Crippen LogP contribution in [0.25, 0.3) is 0 Å². The maximum atomic E-state index is 12.9. The van der Waals surface area contributed by atoms with Crippen molar-refractivity contribution in [3.05, 3.63) is 76.9 Å². The topological polar surface area (TPSA) is 40.5 Å². The number of anilines is 1. The van der Waals surface area contributed by atoms with Gasteiger partial charge in [-0.2, -0.15) is 13.2 Å². The number of carboxylic acid groups (broad SMARTS) is 1. The highest BCUT2D eigenvalue weighted by Gasteiger charge is 2.32. The van der Waals surface area contributed by atoms with Crippen LogP contribution >= 0.6 is 0 Å². The van der Waals surface area contributed by atoms with E-state index in [2.05, 4.69) is 30.9 Å². The third kappa shape index (κ3) is 5.00. The number of benzene rings is 2. The first-order valence-electron chi connectivity index (χ1n) is 9.61. The fourth-order valence-corrected chi connectivity index (χ4v) is 3.74. The van der Waals surface area contributed by atoms with E-state index in [1.165, 1.54) is 23.8 Å². The fraction of sp³-hybridized carbons (Fsp3) is 0.348. The lowest BCUT2D eigenvalue weighted by molar-refractivity contribution is -0.137. The molecule has 1 aliphatic heterocycles. The van der Waals surface area contributed by atoms with Gasteiger partial charge in [-0.3, -0.25) is 0 Å². The Morgan fingerprint density at radius 3 is 2.24 bits per heavy atom. The highest BCUT2D eigenvalue weighted by molar-refractivity contribution is 5.80. The van der Waals surface area contributed by atoms with Gasteiger partial charge in [-0.1, -0.05) is 43.7 Å². The molecule has 0 amide bonds. The van der Waals surface area contributed by atoms with Crippen molar-refractivity contribution < 1.29 is 23.1 Å². The Labute approximate surface area is 168 Å². The Morgan fingerprint density at radius 1 is 1.10 bits per heavy atom. The molecule has 2 aromatic carbocycles. The number of nitrogens with zero attached hydrogens (tertiary/aromatic N) is 1. The van der Waals surface area contributed by atoms with Crippen LogP contribution in [0.3, 0.4) is 0 Å². The van der Waals surface area contributed by atoms with Crippen molar-refractivity contribution in [3.63, 3.8) is 0 Å². The third-order valence-corrected chi connectivity index (χ3v) is 5.35.